The minimum atomic E-state index is 0.521. The number of nitrogens with one attached hydrogen (secondary N) is 2. The zero-order valence-electron chi connectivity index (χ0n) is 13.9. The van der Waals surface area contributed by atoms with Gasteiger partial charge in [0.1, 0.15) is 0 Å². The summed E-state index contributed by atoms with van der Waals surface area (Å²) in [7, 11) is 0. The molecule has 1 aliphatic heterocycles. The molecule has 0 saturated carbocycles. The van der Waals surface area contributed by atoms with Gasteiger partial charge >= 0.3 is 0 Å². The highest BCUT2D eigenvalue weighted by molar-refractivity contribution is 9.10. The molecule has 0 aliphatic carbocycles. The van der Waals surface area contributed by atoms with Gasteiger partial charge in [0.05, 0.1) is 10.7 Å². The number of anilines is 2. The van der Waals surface area contributed by atoms with Crippen molar-refractivity contribution in [3.05, 3.63) is 57.5 Å². The zero-order chi connectivity index (χ0) is 17.6. The van der Waals surface area contributed by atoms with Crippen LogP contribution in [0.5, 0.6) is 0 Å². The van der Waals surface area contributed by atoms with Crippen molar-refractivity contribution in [1.82, 2.24) is 4.90 Å². The Morgan fingerprint density at radius 2 is 1.76 bits per heavy atom. The molecule has 2 N–H and O–H groups in total. The van der Waals surface area contributed by atoms with E-state index in [4.69, 9.17) is 23.8 Å². The Morgan fingerprint density at radius 3 is 2.44 bits per heavy atom. The molecule has 3 rings (SSSR count). The normalized spacial score (nSPS) is 15.0. The van der Waals surface area contributed by atoms with E-state index in [9.17, 15) is 0 Å². The Kier molecular flexibility index (Phi) is 6.70. The second-order valence-corrected chi connectivity index (χ2v) is 7.97. The first-order valence-corrected chi connectivity index (χ1v) is 10.0. The molecule has 1 fully saturated rings. The predicted molar refractivity (Wildman–Crippen MR) is 115 cm³/mol. The highest BCUT2D eigenvalue weighted by atomic mass is 79.9. The Hall–Kier alpha value is -1.14. The molecule has 3 nitrogen and oxygen atoms in total. The number of hydrogen-bond acceptors (Lipinski definition) is 2. The lowest BCUT2D eigenvalue weighted by Crippen LogP contribution is -2.29. The standard InChI is InChI=1S/C19H21BrClN3S/c20-15-6-9-18(17(21)12-15)23-19(25)22-16-7-4-14(5-8-16)13-24-10-2-1-3-11-24/h4-9,12H,1-3,10-11,13H2,(H2,22,23,25). The van der Waals surface area contributed by atoms with Crippen LogP contribution in [-0.2, 0) is 6.54 Å². The van der Waals surface area contributed by atoms with Gasteiger partial charge in [-0.1, -0.05) is 46.1 Å². The van der Waals surface area contributed by atoms with Gasteiger partial charge in [-0.15, -0.1) is 0 Å². The first-order valence-electron chi connectivity index (χ1n) is 8.44. The average molecular weight is 439 g/mol. The van der Waals surface area contributed by atoms with Crippen LogP contribution in [0.25, 0.3) is 0 Å². The van der Waals surface area contributed by atoms with Gasteiger partial charge in [-0.05, 0) is 74.0 Å². The SMILES string of the molecule is S=C(Nc1ccc(CN2CCCCC2)cc1)Nc1ccc(Br)cc1Cl. The third-order valence-corrected chi connectivity index (χ3v) is 5.26. The number of benzene rings is 2. The largest absolute Gasteiger partial charge is 0.332 e. The second-order valence-electron chi connectivity index (χ2n) is 6.24. The van der Waals surface area contributed by atoms with E-state index in [1.54, 1.807) is 0 Å². The van der Waals surface area contributed by atoms with E-state index in [-0.39, 0.29) is 0 Å². The predicted octanol–water partition coefficient (Wildman–Crippen LogP) is 5.90. The van der Waals surface area contributed by atoms with E-state index >= 15 is 0 Å². The summed E-state index contributed by atoms with van der Waals surface area (Å²) in [6, 6.07) is 14.1. The van der Waals surface area contributed by atoms with Gasteiger partial charge in [-0.2, -0.15) is 0 Å². The van der Waals surface area contributed by atoms with Crippen molar-refractivity contribution in [3.63, 3.8) is 0 Å². The number of likely N-dealkylation sites (tertiary alicyclic amines) is 1. The van der Waals surface area contributed by atoms with Gasteiger partial charge in [0.25, 0.3) is 0 Å². The lowest BCUT2D eigenvalue weighted by molar-refractivity contribution is 0.221. The van der Waals surface area contributed by atoms with Crippen LogP contribution in [-0.4, -0.2) is 23.1 Å². The maximum absolute atomic E-state index is 6.21. The molecular formula is C19H21BrClN3S. The van der Waals surface area contributed by atoms with Crippen LogP contribution in [0.3, 0.4) is 0 Å². The van der Waals surface area contributed by atoms with Crippen LogP contribution in [0.4, 0.5) is 11.4 Å². The van der Waals surface area contributed by atoms with Crippen LogP contribution >= 0.6 is 39.7 Å². The minimum Gasteiger partial charge on any atom is -0.332 e. The number of piperidine rings is 1. The molecule has 0 radical (unpaired) electrons. The van der Waals surface area contributed by atoms with Crippen molar-refractivity contribution < 1.29 is 0 Å². The molecule has 2 aromatic rings. The molecule has 0 bridgehead atoms. The van der Waals surface area contributed by atoms with E-state index in [0.717, 1.165) is 22.4 Å². The topological polar surface area (TPSA) is 27.3 Å². The number of nitrogens with zero attached hydrogens (tertiary/aromatic N) is 1. The van der Waals surface area contributed by atoms with E-state index < -0.39 is 0 Å². The van der Waals surface area contributed by atoms with Crippen molar-refractivity contribution in [1.29, 1.82) is 0 Å². The van der Waals surface area contributed by atoms with E-state index in [0.29, 0.717) is 10.1 Å². The van der Waals surface area contributed by atoms with Gasteiger partial charge in [-0.3, -0.25) is 4.90 Å². The van der Waals surface area contributed by atoms with Crippen LogP contribution in [0, 0.1) is 0 Å². The van der Waals surface area contributed by atoms with E-state index in [2.05, 4.69) is 55.7 Å². The lowest BCUT2D eigenvalue weighted by atomic mass is 10.1. The second kappa shape index (κ2) is 8.99. The fourth-order valence-electron chi connectivity index (χ4n) is 2.94. The monoisotopic (exact) mass is 437 g/mol. The van der Waals surface area contributed by atoms with Crippen molar-refractivity contribution in [2.24, 2.45) is 0 Å². The zero-order valence-corrected chi connectivity index (χ0v) is 17.1. The Balaban J connectivity index is 1.54. The molecule has 25 heavy (non-hydrogen) atoms. The van der Waals surface area contributed by atoms with Crippen molar-refractivity contribution in [3.8, 4) is 0 Å². The Labute approximate surface area is 167 Å². The highest BCUT2D eigenvalue weighted by Gasteiger charge is 2.10. The maximum atomic E-state index is 6.21. The fourth-order valence-corrected chi connectivity index (χ4v) is 3.89. The minimum absolute atomic E-state index is 0.521. The molecule has 0 amide bonds. The van der Waals surface area contributed by atoms with E-state index in [1.165, 1.54) is 37.9 Å². The lowest BCUT2D eigenvalue weighted by Gasteiger charge is -2.26. The van der Waals surface area contributed by atoms with Gasteiger partial charge in [0.2, 0.25) is 0 Å². The van der Waals surface area contributed by atoms with Gasteiger partial charge in [0.15, 0.2) is 5.11 Å². The molecule has 6 heteroatoms. The molecule has 1 saturated heterocycles. The number of hydrogen-bond donors (Lipinski definition) is 2. The summed E-state index contributed by atoms with van der Waals surface area (Å²) in [5, 5.41) is 7.47. The van der Waals surface area contributed by atoms with Crippen LogP contribution in [0.2, 0.25) is 5.02 Å². The van der Waals surface area contributed by atoms with E-state index in [1.807, 2.05) is 18.2 Å². The first-order chi connectivity index (χ1) is 12.1. The Bertz CT molecular complexity index is 730. The quantitative estimate of drug-likeness (QED) is 0.581. The van der Waals surface area contributed by atoms with Crippen LogP contribution in [0.1, 0.15) is 24.8 Å². The Morgan fingerprint density at radius 1 is 1.04 bits per heavy atom. The number of thiocarbonyl (C=S) groups is 1. The van der Waals surface area contributed by atoms with Gasteiger partial charge in [0, 0.05) is 16.7 Å². The third-order valence-electron chi connectivity index (χ3n) is 4.25. The van der Waals surface area contributed by atoms with Gasteiger partial charge < -0.3 is 10.6 Å². The van der Waals surface area contributed by atoms with Crippen molar-refractivity contribution >= 4 is 56.2 Å². The fraction of sp³-hybridized carbons (Fsp3) is 0.316. The summed E-state index contributed by atoms with van der Waals surface area (Å²) in [5.41, 5.74) is 3.08. The summed E-state index contributed by atoms with van der Waals surface area (Å²) >= 11 is 15.0. The molecule has 132 valence electrons. The molecule has 0 unspecified atom stereocenters. The first kappa shape index (κ1) is 18.6. The van der Waals surface area contributed by atoms with Gasteiger partial charge in [-0.25, -0.2) is 0 Å². The smallest absolute Gasteiger partial charge is 0.175 e. The maximum Gasteiger partial charge on any atom is 0.175 e. The molecule has 1 heterocycles. The molecular weight excluding hydrogens is 418 g/mol. The number of rotatable bonds is 4. The third kappa shape index (κ3) is 5.68. The van der Waals surface area contributed by atoms with Crippen LogP contribution < -0.4 is 10.6 Å². The van der Waals surface area contributed by atoms with Crippen LogP contribution in [0.15, 0.2) is 46.9 Å². The molecule has 1 aliphatic rings. The van der Waals surface area contributed by atoms with Crippen molar-refractivity contribution in [2.45, 2.75) is 25.8 Å². The summed E-state index contributed by atoms with van der Waals surface area (Å²) in [6.07, 6.45) is 4.00. The molecule has 0 spiro atoms. The summed E-state index contributed by atoms with van der Waals surface area (Å²) in [6.45, 7) is 3.45. The summed E-state index contributed by atoms with van der Waals surface area (Å²) in [4.78, 5) is 2.52. The average Bonchev–Trinajstić information content (AvgIpc) is 2.60. The summed E-state index contributed by atoms with van der Waals surface area (Å²) < 4.78 is 0.936. The highest BCUT2D eigenvalue weighted by Crippen LogP contribution is 2.26. The number of halogens is 2. The molecule has 0 atom stereocenters. The summed E-state index contributed by atoms with van der Waals surface area (Å²) in [5.74, 6) is 0. The molecule has 2 aromatic carbocycles. The molecule has 0 aromatic heterocycles. The van der Waals surface area contributed by atoms with Crippen molar-refractivity contribution in [2.75, 3.05) is 23.7 Å².